The monoisotopic (exact) mass is 383 g/mol. The van der Waals surface area contributed by atoms with E-state index in [-0.39, 0.29) is 17.7 Å². The van der Waals surface area contributed by atoms with Gasteiger partial charge < -0.3 is 10.5 Å². The first kappa shape index (κ1) is 19.2. The van der Waals surface area contributed by atoms with E-state index in [0.717, 1.165) is 12.1 Å². The quantitative estimate of drug-likeness (QED) is 0.825. The van der Waals surface area contributed by atoms with Gasteiger partial charge in [-0.2, -0.15) is 13.2 Å². The van der Waals surface area contributed by atoms with Gasteiger partial charge >= 0.3 is 6.18 Å². The molecule has 1 aliphatic rings. The molecule has 0 radical (unpaired) electrons. The van der Waals surface area contributed by atoms with Crippen LogP contribution in [0.1, 0.15) is 33.3 Å². The second kappa shape index (κ2) is 7.61. The maximum Gasteiger partial charge on any atom is 0.416 e. The largest absolute Gasteiger partial charge is 0.416 e. The Morgan fingerprint density at radius 2 is 2.07 bits per heavy atom. The number of nitrogens with zero attached hydrogens (tertiary/aromatic N) is 2. The maximum absolute atomic E-state index is 13.6. The minimum absolute atomic E-state index is 0.153. The molecule has 144 valence electrons. The number of hydrogen-bond donors (Lipinski definition) is 1. The number of carbonyl (C=O) groups excluding carboxylic acids is 1. The third kappa shape index (κ3) is 4.81. The van der Waals surface area contributed by atoms with Crippen LogP contribution in [0.5, 0.6) is 0 Å². The normalized spacial score (nSPS) is 18.4. The zero-order valence-electron chi connectivity index (χ0n) is 14.2. The summed E-state index contributed by atoms with van der Waals surface area (Å²) in [4.78, 5) is 17.1. The van der Waals surface area contributed by atoms with Gasteiger partial charge in [0, 0.05) is 25.8 Å². The van der Waals surface area contributed by atoms with E-state index in [1.54, 1.807) is 6.07 Å². The molecule has 2 aromatic rings. The van der Waals surface area contributed by atoms with Crippen LogP contribution in [0, 0.1) is 5.82 Å². The van der Waals surface area contributed by atoms with Gasteiger partial charge in [-0.1, -0.05) is 0 Å². The third-order valence-corrected chi connectivity index (χ3v) is 4.24. The Hall–Kier alpha value is -2.52. The number of rotatable bonds is 4. The average Bonchev–Trinajstić information content (AvgIpc) is 2.61. The predicted molar refractivity (Wildman–Crippen MR) is 88.1 cm³/mol. The molecule has 1 aromatic carbocycles. The van der Waals surface area contributed by atoms with E-state index in [1.165, 1.54) is 12.3 Å². The number of pyridine rings is 1. The van der Waals surface area contributed by atoms with Crippen LogP contribution >= 0.6 is 0 Å². The van der Waals surface area contributed by atoms with Gasteiger partial charge in [0.05, 0.1) is 23.4 Å². The SMILES string of the molecule is NC(=O)c1ccc([C@H]2CN(Cc3cc(F)cc(C(F)(F)F)c3)CCO2)nc1. The van der Waals surface area contributed by atoms with E-state index in [2.05, 4.69) is 4.98 Å². The highest BCUT2D eigenvalue weighted by molar-refractivity contribution is 5.92. The van der Waals surface area contributed by atoms with E-state index >= 15 is 0 Å². The van der Waals surface area contributed by atoms with Crippen molar-refractivity contribution in [3.63, 3.8) is 0 Å². The van der Waals surface area contributed by atoms with E-state index in [9.17, 15) is 22.4 Å². The number of nitrogens with two attached hydrogens (primary N) is 1. The van der Waals surface area contributed by atoms with Crippen LogP contribution in [0.3, 0.4) is 0 Å². The molecule has 2 N–H and O–H groups in total. The molecule has 0 saturated carbocycles. The number of benzene rings is 1. The summed E-state index contributed by atoms with van der Waals surface area (Å²) in [5.41, 5.74) is 5.26. The second-order valence-corrected chi connectivity index (χ2v) is 6.28. The lowest BCUT2D eigenvalue weighted by Gasteiger charge is -2.32. The van der Waals surface area contributed by atoms with Gasteiger partial charge in [0.25, 0.3) is 0 Å². The number of hydrogen-bond acceptors (Lipinski definition) is 4. The number of primary amides is 1. The minimum atomic E-state index is -4.60. The fourth-order valence-electron chi connectivity index (χ4n) is 2.93. The molecule has 0 spiro atoms. The summed E-state index contributed by atoms with van der Waals surface area (Å²) in [6.07, 6.45) is -3.66. The van der Waals surface area contributed by atoms with Crippen LogP contribution < -0.4 is 5.73 Å². The molecule has 1 saturated heterocycles. The van der Waals surface area contributed by atoms with Crippen LogP contribution in [0.15, 0.2) is 36.5 Å². The van der Waals surface area contributed by atoms with Gasteiger partial charge in [-0.3, -0.25) is 14.7 Å². The van der Waals surface area contributed by atoms with Crippen molar-refractivity contribution in [2.75, 3.05) is 19.7 Å². The molecule has 9 heteroatoms. The third-order valence-electron chi connectivity index (χ3n) is 4.24. The predicted octanol–water partition coefficient (Wildman–Crippen LogP) is 2.91. The van der Waals surface area contributed by atoms with Crippen molar-refractivity contribution < 1.29 is 27.1 Å². The van der Waals surface area contributed by atoms with Gasteiger partial charge in [-0.15, -0.1) is 0 Å². The van der Waals surface area contributed by atoms with E-state index < -0.39 is 29.6 Å². The first-order valence-electron chi connectivity index (χ1n) is 8.19. The van der Waals surface area contributed by atoms with Crippen molar-refractivity contribution in [2.24, 2.45) is 5.73 Å². The molecule has 0 bridgehead atoms. The van der Waals surface area contributed by atoms with Crippen molar-refractivity contribution >= 4 is 5.91 Å². The summed E-state index contributed by atoms with van der Waals surface area (Å²) in [6, 6.07) is 5.69. The zero-order valence-corrected chi connectivity index (χ0v) is 14.2. The molecule has 3 rings (SSSR count). The molecule has 1 aromatic heterocycles. The molecule has 5 nitrogen and oxygen atoms in total. The van der Waals surface area contributed by atoms with Crippen LogP contribution in [-0.2, 0) is 17.5 Å². The first-order valence-corrected chi connectivity index (χ1v) is 8.19. The molecule has 0 unspecified atom stereocenters. The Bertz CT molecular complexity index is 824. The number of ether oxygens (including phenoxy) is 1. The van der Waals surface area contributed by atoms with Gasteiger partial charge in [-0.25, -0.2) is 4.39 Å². The lowest BCUT2D eigenvalue weighted by Crippen LogP contribution is -2.38. The Kier molecular flexibility index (Phi) is 5.43. The fourth-order valence-corrected chi connectivity index (χ4v) is 2.93. The first-order chi connectivity index (χ1) is 12.7. The molecule has 1 fully saturated rings. The molecule has 1 atom stereocenters. The Morgan fingerprint density at radius 1 is 1.30 bits per heavy atom. The standard InChI is InChI=1S/C18H17F4N3O2/c19-14-6-11(5-13(7-14)18(20,21)22)9-25-3-4-27-16(10-25)15-2-1-12(8-24-15)17(23)26/h1-2,5-8,16H,3-4,9-10H2,(H2,23,26)/t16-/m1/s1. The van der Waals surface area contributed by atoms with E-state index in [1.807, 2.05) is 4.90 Å². The van der Waals surface area contributed by atoms with Crippen molar-refractivity contribution in [2.45, 2.75) is 18.8 Å². The summed E-state index contributed by atoms with van der Waals surface area (Å²) in [5, 5.41) is 0. The molecular weight excluding hydrogens is 366 g/mol. The number of alkyl halides is 3. The summed E-state index contributed by atoms with van der Waals surface area (Å²) in [7, 11) is 0. The summed E-state index contributed by atoms with van der Waals surface area (Å²) in [5.74, 6) is -1.51. The van der Waals surface area contributed by atoms with Gasteiger partial charge in [0.2, 0.25) is 5.91 Å². The zero-order chi connectivity index (χ0) is 19.6. The van der Waals surface area contributed by atoms with Crippen LogP contribution in [-0.4, -0.2) is 35.5 Å². The van der Waals surface area contributed by atoms with Crippen molar-refractivity contribution in [1.29, 1.82) is 0 Å². The number of aromatic nitrogens is 1. The smallest absolute Gasteiger partial charge is 0.369 e. The highest BCUT2D eigenvalue weighted by Crippen LogP contribution is 2.31. The lowest BCUT2D eigenvalue weighted by atomic mass is 10.1. The molecule has 0 aliphatic carbocycles. The average molecular weight is 383 g/mol. The Labute approximate surface area is 152 Å². The summed E-state index contributed by atoms with van der Waals surface area (Å²) < 4.78 is 57.8. The van der Waals surface area contributed by atoms with Crippen molar-refractivity contribution in [3.8, 4) is 0 Å². The summed E-state index contributed by atoms with van der Waals surface area (Å²) in [6.45, 7) is 1.37. The van der Waals surface area contributed by atoms with Gasteiger partial charge in [0.1, 0.15) is 11.9 Å². The van der Waals surface area contributed by atoms with Gasteiger partial charge in [-0.05, 0) is 35.9 Å². The highest BCUT2D eigenvalue weighted by atomic mass is 19.4. The Balaban J connectivity index is 1.71. The minimum Gasteiger partial charge on any atom is -0.369 e. The van der Waals surface area contributed by atoms with E-state index in [0.29, 0.717) is 31.5 Å². The number of carbonyl (C=O) groups is 1. The topological polar surface area (TPSA) is 68.5 Å². The Morgan fingerprint density at radius 3 is 2.70 bits per heavy atom. The number of halogens is 4. The van der Waals surface area contributed by atoms with Gasteiger partial charge in [0.15, 0.2) is 0 Å². The van der Waals surface area contributed by atoms with Crippen LogP contribution in [0.25, 0.3) is 0 Å². The number of amides is 1. The molecule has 1 amide bonds. The van der Waals surface area contributed by atoms with Crippen LogP contribution in [0.2, 0.25) is 0 Å². The maximum atomic E-state index is 13.6. The van der Waals surface area contributed by atoms with Crippen molar-refractivity contribution in [1.82, 2.24) is 9.88 Å². The number of morpholine rings is 1. The van der Waals surface area contributed by atoms with Crippen molar-refractivity contribution in [3.05, 3.63) is 64.7 Å². The lowest BCUT2D eigenvalue weighted by molar-refractivity contribution is -0.137. The second-order valence-electron chi connectivity index (χ2n) is 6.28. The van der Waals surface area contributed by atoms with Crippen LogP contribution in [0.4, 0.5) is 17.6 Å². The molecule has 2 heterocycles. The highest BCUT2D eigenvalue weighted by Gasteiger charge is 2.32. The molecule has 27 heavy (non-hydrogen) atoms. The fraction of sp³-hybridized carbons (Fsp3) is 0.333. The summed E-state index contributed by atoms with van der Waals surface area (Å²) >= 11 is 0. The molecule has 1 aliphatic heterocycles. The van der Waals surface area contributed by atoms with E-state index in [4.69, 9.17) is 10.5 Å². The molecular formula is C18H17F4N3O2.